The van der Waals surface area contributed by atoms with E-state index in [1.807, 2.05) is 45.9 Å². The highest BCUT2D eigenvalue weighted by atomic mass is 32.2. The molecule has 0 saturated heterocycles. The number of carbonyl (C=O) groups is 1. The lowest BCUT2D eigenvalue weighted by Crippen LogP contribution is -2.49. The minimum Gasteiger partial charge on any atom is -0.494 e. The third-order valence-electron chi connectivity index (χ3n) is 4.99. The molecule has 0 aliphatic carbocycles. The Labute approximate surface area is 180 Å². The van der Waals surface area contributed by atoms with E-state index >= 15 is 0 Å². The van der Waals surface area contributed by atoms with Gasteiger partial charge in [0.2, 0.25) is 15.9 Å². The SMILES string of the molecule is CCOc1ccc(N([C@H](CC)C(=O)N[C@H](C)c2cc(C)ccc2C)S(C)(=O)=O)cc1. The molecule has 30 heavy (non-hydrogen) atoms. The lowest BCUT2D eigenvalue weighted by Gasteiger charge is -2.31. The standard InChI is InChI=1S/C23H32N2O4S/c1-7-22(23(26)24-18(5)21-15-16(3)9-10-17(21)4)25(30(6,27)28)19-11-13-20(14-12-19)29-8-2/h9-15,18,22H,7-8H2,1-6H3,(H,24,26)/t18-,22-/m1/s1. The number of nitrogens with one attached hydrogen (secondary N) is 1. The van der Waals surface area contributed by atoms with Gasteiger partial charge in [-0.3, -0.25) is 9.10 Å². The summed E-state index contributed by atoms with van der Waals surface area (Å²) >= 11 is 0. The van der Waals surface area contributed by atoms with Crippen LogP contribution in [0.1, 0.15) is 49.9 Å². The first kappa shape index (κ1) is 23.7. The molecule has 0 bridgehead atoms. The zero-order valence-corrected chi connectivity index (χ0v) is 19.4. The Morgan fingerprint density at radius 3 is 2.27 bits per heavy atom. The second-order valence-electron chi connectivity index (χ2n) is 7.50. The average Bonchev–Trinajstić information content (AvgIpc) is 2.67. The van der Waals surface area contributed by atoms with Crippen LogP contribution < -0.4 is 14.4 Å². The molecule has 0 radical (unpaired) electrons. The lowest BCUT2D eigenvalue weighted by molar-refractivity contribution is -0.122. The Hall–Kier alpha value is -2.54. The Balaban J connectivity index is 2.32. The zero-order chi connectivity index (χ0) is 22.5. The van der Waals surface area contributed by atoms with Crippen molar-refractivity contribution in [3.8, 4) is 5.75 Å². The third-order valence-corrected chi connectivity index (χ3v) is 6.17. The van der Waals surface area contributed by atoms with Crippen LogP contribution in [0.4, 0.5) is 5.69 Å². The predicted octanol–water partition coefficient (Wildman–Crippen LogP) is 4.12. The maximum Gasteiger partial charge on any atom is 0.244 e. The summed E-state index contributed by atoms with van der Waals surface area (Å²) in [6.45, 7) is 10.1. The van der Waals surface area contributed by atoms with Gasteiger partial charge in [0.1, 0.15) is 11.8 Å². The molecule has 2 atom stereocenters. The van der Waals surface area contributed by atoms with Crippen molar-refractivity contribution in [3.05, 3.63) is 59.2 Å². The smallest absolute Gasteiger partial charge is 0.244 e. The zero-order valence-electron chi connectivity index (χ0n) is 18.6. The highest BCUT2D eigenvalue weighted by Crippen LogP contribution is 2.26. The number of carbonyl (C=O) groups excluding carboxylic acids is 1. The van der Waals surface area contributed by atoms with Crippen LogP contribution in [0.15, 0.2) is 42.5 Å². The normalized spacial score (nSPS) is 13.4. The van der Waals surface area contributed by atoms with Crippen LogP contribution in [0, 0.1) is 13.8 Å². The van der Waals surface area contributed by atoms with E-state index < -0.39 is 16.1 Å². The molecule has 0 fully saturated rings. The Bertz CT molecular complexity index is 971. The molecular formula is C23H32N2O4S. The van der Waals surface area contributed by atoms with Gasteiger partial charge in [0.05, 0.1) is 24.6 Å². The van der Waals surface area contributed by atoms with Gasteiger partial charge in [0.25, 0.3) is 0 Å². The van der Waals surface area contributed by atoms with Crippen LogP contribution in [-0.2, 0) is 14.8 Å². The molecule has 2 rings (SSSR count). The number of aryl methyl sites for hydroxylation is 2. The second-order valence-corrected chi connectivity index (χ2v) is 9.36. The molecule has 6 nitrogen and oxygen atoms in total. The van der Waals surface area contributed by atoms with E-state index in [2.05, 4.69) is 5.32 Å². The number of nitrogens with zero attached hydrogens (tertiary/aromatic N) is 1. The summed E-state index contributed by atoms with van der Waals surface area (Å²) in [5.41, 5.74) is 3.64. The van der Waals surface area contributed by atoms with Crippen LogP contribution in [0.5, 0.6) is 5.75 Å². The molecule has 0 aliphatic rings. The van der Waals surface area contributed by atoms with Gasteiger partial charge < -0.3 is 10.1 Å². The summed E-state index contributed by atoms with van der Waals surface area (Å²) in [5, 5.41) is 3.00. The first-order valence-corrected chi connectivity index (χ1v) is 12.0. The van der Waals surface area contributed by atoms with Gasteiger partial charge in [-0.2, -0.15) is 0 Å². The minimum absolute atomic E-state index is 0.242. The number of anilines is 1. The largest absolute Gasteiger partial charge is 0.494 e. The minimum atomic E-state index is -3.68. The average molecular weight is 433 g/mol. The predicted molar refractivity (Wildman–Crippen MR) is 121 cm³/mol. The summed E-state index contributed by atoms with van der Waals surface area (Å²) in [7, 11) is -3.68. The number of amides is 1. The fourth-order valence-corrected chi connectivity index (χ4v) is 4.74. The van der Waals surface area contributed by atoms with Crippen molar-refractivity contribution in [1.29, 1.82) is 0 Å². The molecule has 0 aliphatic heterocycles. The number of hydrogen-bond donors (Lipinski definition) is 1. The molecule has 2 aromatic carbocycles. The molecule has 1 N–H and O–H groups in total. The first-order valence-electron chi connectivity index (χ1n) is 10.2. The molecule has 0 spiro atoms. The Morgan fingerprint density at radius 1 is 1.10 bits per heavy atom. The molecule has 0 saturated carbocycles. The van der Waals surface area contributed by atoms with Crippen LogP contribution >= 0.6 is 0 Å². The van der Waals surface area contributed by atoms with Crippen molar-refractivity contribution in [3.63, 3.8) is 0 Å². The van der Waals surface area contributed by atoms with E-state index in [0.717, 1.165) is 22.9 Å². The van der Waals surface area contributed by atoms with Crippen LogP contribution in [0.25, 0.3) is 0 Å². The third kappa shape index (κ3) is 5.75. The quantitative estimate of drug-likeness (QED) is 0.647. The van der Waals surface area contributed by atoms with Crippen molar-refractivity contribution in [2.75, 3.05) is 17.2 Å². The highest BCUT2D eigenvalue weighted by Gasteiger charge is 2.32. The number of ether oxygens (including phenoxy) is 1. The summed E-state index contributed by atoms with van der Waals surface area (Å²) in [6, 6.07) is 11.7. The maximum absolute atomic E-state index is 13.1. The van der Waals surface area contributed by atoms with Gasteiger partial charge >= 0.3 is 0 Å². The van der Waals surface area contributed by atoms with E-state index in [9.17, 15) is 13.2 Å². The number of benzene rings is 2. The molecule has 1 amide bonds. The van der Waals surface area contributed by atoms with Crippen LogP contribution in [0.2, 0.25) is 0 Å². The molecule has 164 valence electrons. The fraction of sp³-hybridized carbons (Fsp3) is 0.435. The van der Waals surface area contributed by atoms with Gasteiger partial charge in [0.15, 0.2) is 0 Å². The Morgan fingerprint density at radius 2 is 1.73 bits per heavy atom. The summed E-state index contributed by atoms with van der Waals surface area (Å²) in [4.78, 5) is 13.1. The highest BCUT2D eigenvalue weighted by molar-refractivity contribution is 7.92. The maximum atomic E-state index is 13.1. The fourth-order valence-electron chi connectivity index (χ4n) is 3.53. The van der Waals surface area contributed by atoms with Gasteiger partial charge in [-0.05, 0) is 69.5 Å². The Kier molecular flexibility index (Phi) is 7.89. The monoisotopic (exact) mass is 432 g/mol. The summed E-state index contributed by atoms with van der Waals surface area (Å²) < 4.78 is 31.9. The van der Waals surface area contributed by atoms with Gasteiger partial charge in [-0.1, -0.05) is 30.7 Å². The van der Waals surface area contributed by atoms with E-state index in [1.54, 1.807) is 31.2 Å². The number of rotatable bonds is 9. The van der Waals surface area contributed by atoms with Crippen molar-refractivity contribution in [2.24, 2.45) is 0 Å². The molecule has 2 aromatic rings. The summed E-state index contributed by atoms with van der Waals surface area (Å²) in [6.07, 6.45) is 1.46. The van der Waals surface area contributed by atoms with E-state index in [4.69, 9.17) is 4.74 Å². The summed E-state index contributed by atoms with van der Waals surface area (Å²) in [5.74, 6) is 0.320. The molecule has 0 aromatic heterocycles. The molecule has 7 heteroatoms. The van der Waals surface area contributed by atoms with E-state index in [1.165, 1.54) is 4.31 Å². The number of hydrogen-bond acceptors (Lipinski definition) is 4. The molecule has 0 unspecified atom stereocenters. The van der Waals surface area contributed by atoms with Crippen LogP contribution in [0.3, 0.4) is 0 Å². The van der Waals surface area contributed by atoms with Gasteiger partial charge in [0, 0.05) is 0 Å². The van der Waals surface area contributed by atoms with Gasteiger partial charge in [-0.15, -0.1) is 0 Å². The second kappa shape index (κ2) is 9.98. The number of sulfonamides is 1. The van der Waals surface area contributed by atoms with Crippen molar-refractivity contribution in [2.45, 2.75) is 53.1 Å². The van der Waals surface area contributed by atoms with Crippen molar-refractivity contribution in [1.82, 2.24) is 5.32 Å². The van der Waals surface area contributed by atoms with E-state index in [0.29, 0.717) is 24.5 Å². The van der Waals surface area contributed by atoms with Crippen molar-refractivity contribution < 1.29 is 17.9 Å². The van der Waals surface area contributed by atoms with E-state index in [-0.39, 0.29) is 11.9 Å². The van der Waals surface area contributed by atoms with Gasteiger partial charge in [-0.25, -0.2) is 8.42 Å². The molecule has 0 heterocycles. The first-order chi connectivity index (χ1) is 14.1. The lowest BCUT2D eigenvalue weighted by atomic mass is 9.99. The van der Waals surface area contributed by atoms with Crippen LogP contribution in [-0.4, -0.2) is 33.2 Å². The van der Waals surface area contributed by atoms with Crippen molar-refractivity contribution >= 4 is 21.6 Å². The topological polar surface area (TPSA) is 75.7 Å². The molecular weight excluding hydrogens is 400 g/mol.